The number of phosphoric acid groups is 1. The van der Waals surface area contributed by atoms with Gasteiger partial charge >= 0.3 is 7.82 Å². The predicted molar refractivity (Wildman–Crippen MR) is 77.6 cm³/mol. The first kappa shape index (κ1) is 29.2. The molecule has 0 aliphatic heterocycles. The average molecular weight is 400 g/mol. The van der Waals surface area contributed by atoms with E-state index >= 15 is 0 Å². The first-order valence-corrected chi connectivity index (χ1v) is 7.97. The summed E-state index contributed by atoms with van der Waals surface area (Å²) in [6.07, 6.45) is -8.92. The Kier molecular flexibility index (Phi) is 18.3. The third-order valence-corrected chi connectivity index (χ3v) is 2.23. The number of carbonyl (C=O) groups is 1. The maximum atomic E-state index is 9.76. The zero-order valence-corrected chi connectivity index (χ0v) is 13.7. The Hall–Kier alpha value is -0.580. The number of aliphatic hydroxyl groups is 9. The Morgan fingerprint density at radius 3 is 1.12 bits per heavy atom. The van der Waals surface area contributed by atoms with Gasteiger partial charge in [0.2, 0.25) is 0 Å². The molecule has 0 spiro atoms. The van der Waals surface area contributed by atoms with E-state index in [4.69, 9.17) is 65.2 Å². The van der Waals surface area contributed by atoms with Crippen molar-refractivity contribution in [3.05, 3.63) is 0 Å². The molecule has 14 nitrogen and oxygen atoms in total. The molecular formula is C10H25O14P. The van der Waals surface area contributed by atoms with Gasteiger partial charge in [0.15, 0.2) is 6.29 Å². The van der Waals surface area contributed by atoms with Crippen LogP contribution < -0.4 is 0 Å². The van der Waals surface area contributed by atoms with Gasteiger partial charge in [-0.2, -0.15) is 0 Å². The van der Waals surface area contributed by atoms with Crippen LogP contribution in [-0.2, 0) is 9.36 Å². The highest BCUT2D eigenvalue weighted by Crippen LogP contribution is 2.25. The van der Waals surface area contributed by atoms with Crippen LogP contribution in [0.1, 0.15) is 0 Å². The second-order valence-electron chi connectivity index (χ2n) is 4.37. The number of hydrogen-bond donors (Lipinski definition) is 12. The number of carbonyl (C=O) groups excluding carboxylic acids is 1. The van der Waals surface area contributed by atoms with E-state index in [1.54, 1.807) is 0 Å². The first-order valence-electron chi connectivity index (χ1n) is 6.41. The van der Waals surface area contributed by atoms with Crippen molar-refractivity contribution >= 4 is 14.1 Å². The molecule has 154 valence electrons. The monoisotopic (exact) mass is 400 g/mol. The van der Waals surface area contributed by atoms with E-state index in [1.807, 2.05) is 0 Å². The molecule has 0 aromatic carbocycles. The normalized spacial score (nSPS) is 18.2. The summed E-state index contributed by atoms with van der Waals surface area (Å²) in [6.45, 7) is -1.97. The van der Waals surface area contributed by atoms with Crippen LogP contribution in [0.3, 0.4) is 0 Å². The van der Waals surface area contributed by atoms with Gasteiger partial charge in [-0.25, -0.2) is 4.57 Å². The minimum Gasteiger partial charge on any atom is -0.394 e. The lowest BCUT2D eigenvalue weighted by molar-refractivity contribution is -0.127. The zero-order chi connectivity index (χ0) is 20.8. The van der Waals surface area contributed by atoms with Gasteiger partial charge in [0.25, 0.3) is 0 Å². The lowest BCUT2D eigenvalue weighted by atomic mass is 10.1. The van der Waals surface area contributed by atoms with E-state index in [0.29, 0.717) is 0 Å². The van der Waals surface area contributed by atoms with Crippen molar-refractivity contribution in [2.24, 2.45) is 0 Å². The molecule has 0 rings (SSSR count). The van der Waals surface area contributed by atoms with Gasteiger partial charge in [-0.1, -0.05) is 0 Å². The fourth-order valence-electron chi connectivity index (χ4n) is 0.889. The van der Waals surface area contributed by atoms with Gasteiger partial charge in [0, 0.05) is 0 Å². The SMILES string of the molecule is O=C[C@H](O)[C@H](O)[C@H](O)CO.O=P(O)(O)O.OC[C@@H](O)C(O)[C@@H](O)CO. The first-order chi connectivity index (χ1) is 11.3. The third-order valence-electron chi connectivity index (χ3n) is 2.23. The quantitative estimate of drug-likeness (QED) is 0.133. The molecule has 0 aromatic rings. The van der Waals surface area contributed by atoms with Crippen LogP contribution in [0.4, 0.5) is 0 Å². The molecule has 0 heterocycles. The topological polar surface area (TPSA) is 277 Å². The third kappa shape index (κ3) is 19.6. The molecule has 15 heteroatoms. The van der Waals surface area contributed by atoms with Crippen molar-refractivity contribution in [3.63, 3.8) is 0 Å². The highest BCUT2D eigenvalue weighted by Gasteiger charge is 2.23. The molecule has 0 saturated carbocycles. The second kappa shape index (κ2) is 15.7. The number of rotatable bonds is 8. The van der Waals surface area contributed by atoms with Crippen LogP contribution in [0.25, 0.3) is 0 Å². The second-order valence-corrected chi connectivity index (χ2v) is 5.40. The van der Waals surface area contributed by atoms with Crippen LogP contribution in [0.2, 0.25) is 0 Å². The van der Waals surface area contributed by atoms with Crippen LogP contribution in [0.5, 0.6) is 0 Å². The smallest absolute Gasteiger partial charge is 0.394 e. The van der Waals surface area contributed by atoms with E-state index < -0.39 is 64.3 Å². The van der Waals surface area contributed by atoms with Gasteiger partial charge in [0.1, 0.15) is 36.6 Å². The molecule has 0 aliphatic rings. The summed E-state index contributed by atoms with van der Waals surface area (Å²) in [5.74, 6) is 0. The fourth-order valence-corrected chi connectivity index (χ4v) is 0.889. The maximum Gasteiger partial charge on any atom is 0.466 e. The molecule has 0 aliphatic carbocycles. The molecule has 0 radical (unpaired) electrons. The van der Waals surface area contributed by atoms with Gasteiger partial charge < -0.3 is 65.4 Å². The van der Waals surface area contributed by atoms with Crippen molar-refractivity contribution < 1.29 is 70.0 Å². The van der Waals surface area contributed by atoms with Gasteiger partial charge in [-0.15, -0.1) is 0 Å². The Bertz CT molecular complexity index is 343. The number of hydrogen-bond acceptors (Lipinski definition) is 11. The van der Waals surface area contributed by atoms with E-state index in [-0.39, 0.29) is 6.29 Å². The van der Waals surface area contributed by atoms with E-state index in [2.05, 4.69) is 0 Å². The number of aldehydes is 1. The summed E-state index contributed by atoms with van der Waals surface area (Å²) in [5.41, 5.74) is 0. The largest absolute Gasteiger partial charge is 0.466 e. The summed E-state index contributed by atoms with van der Waals surface area (Å²) in [7, 11) is -4.64. The number of aliphatic hydroxyl groups excluding tert-OH is 9. The Morgan fingerprint density at radius 2 is 0.920 bits per heavy atom. The van der Waals surface area contributed by atoms with Crippen LogP contribution in [0.15, 0.2) is 0 Å². The minimum absolute atomic E-state index is 0.0869. The predicted octanol–water partition coefficient (Wildman–Crippen LogP) is -6.61. The van der Waals surface area contributed by atoms with Gasteiger partial charge in [0.05, 0.1) is 19.8 Å². The highest BCUT2D eigenvalue weighted by molar-refractivity contribution is 7.45. The molecule has 0 saturated heterocycles. The Morgan fingerprint density at radius 1 is 0.680 bits per heavy atom. The molecule has 0 amide bonds. The molecule has 12 N–H and O–H groups in total. The fraction of sp³-hybridized carbons (Fsp3) is 0.900. The van der Waals surface area contributed by atoms with Crippen molar-refractivity contribution in [2.45, 2.75) is 36.6 Å². The molecule has 25 heavy (non-hydrogen) atoms. The van der Waals surface area contributed by atoms with Crippen LogP contribution >= 0.6 is 7.82 Å². The molecule has 1 unspecified atom stereocenters. The summed E-state index contributed by atoms with van der Waals surface area (Å²) < 4.78 is 8.88. The average Bonchev–Trinajstić information content (AvgIpc) is 2.56. The summed E-state index contributed by atoms with van der Waals surface area (Å²) >= 11 is 0. The summed E-state index contributed by atoms with van der Waals surface area (Å²) in [5, 5.41) is 76.6. The molecule has 6 atom stereocenters. The molecule has 0 aromatic heterocycles. The van der Waals surface area contributed by atoms with Gasteiger partial charge in [-0.05, 0) is 0 Å². The van der Waals surface area contributed by atoms with E-state index in [0.717, 1.165) is 0 Å². The molecular weight excluding hydrogens is 375 g/mol. The van der Waals surface area contributed by atoms with Crippen molar-refractivity contribution in [1.82, 2.24) is 0 Å². The maximum absolute atomic E-state index is 9.76. The summed E-state index contributed by atoms with van der Waals surface area (Å²) in [6, 6.07) is 0. The van der Waals surface area contributed by atoms with Crippen LogP contribution in [-0.4, -0.2) is 123 Å². The lowest BCUT2D eigenvalue weighted by Crippen LogP contribution is -2.41. The lowest BCUT2D eigenvalue weighted by Gasteiger charge is -2.19. The zero-order valence-electron chi connectivity index (χ0n) is 12.8. The van der Waals surface area contributed by atoms with Crippen molar-refractivity contribution in [1.29, 1.82) is 0 Å². The van der Waals surface area contributed by atoms with Crippen molar-refractivity contribution in [2.75, 3.05) is 19.8 Å². The standard InChI is InChI=1S/C5H12O5.C5H10O5.H3O4P/c2*6-1-3(8)5(10)4(9)2-7;1-5(2,3)4/h3-10H,1-2H2;1,3-5,7-10H,2H2;(H3,1,2,3,4)/t3-,4+,5?;3-,4+,5-;/m.0./s1. The molecule has 0 fully saturated rings. The molecule has 0 bridgehead atoms. The van der Waals surface area contributed by atoms with Crippen LogP contribution in [0, 0.1) is 0 Å². The minimum atomic E-state index is -4.64. The van der Waals surface area contributed by atoms with Crippen molar-refractivity contribution in [3.8, 4) is 0 Å². The van der Waals surface area contributed by atoms with E-state index in [9.17, 15) is 4.79 Å². The van der Waals surface area contributed by atoms with E-state index in [1.165, 1.54) is 0 Å². The highest BCUT2D eigenvalue weighted by atomic mass is 31.2. The Labute approximate surface area is 141 Å². The van der Waals surface area contributed by atoms with Gasteiger partial charge in [-0.3, -0.25) is 0 Å². The summed E-state index contributed by atoms with van der Waals surface area (Å²) in [4.78, 5) is 31.3. The Balaban J connectivity index is -0.000000308.